The Morgan fingerprint density at radius 1 is 0.836 bits per heavy atom. The predicted octanol–water partition coefficient (Wildman–Crippen LogP) is 4.14. The monoisotopic (exact) mass is 939 g/mol. The number of aliphatic carboxylic acids is 1. The van der Waals surface area contributed by atoms with Crippen molar-refractivity contribution >= 4 is 47.3 Å². The first-order valence-corrected chi connectivity index (χ1v) is 23.9. The number of nitrogens with one attached hydrogen (secondary N) is 2. The van der Waals surface area contributed by atoms with Gasteiger partial charge in [0.15, 0.2) is 0 Å². The topological polar surface area (TPSA) is 212 Å². The summed E-state index contributed by atoms with van der Waals surface area (Å²) in [5, 5.41) is 15.6. The lowest BCUT2D eigenvalue weighted by molar-refractivity contribution is -0.149. The number of aryl methyl sites for hydroxylation is 1. The summed E-state index contributed by atoms with van der Waals surface area (Å²) in [6.07, 6.45) is 4.71. The number of carbonyl (C=O) groups is 8. The normalized spacial score (nSPS) is 18.6. The average molecular weight is 939 g/mol. The fourth-order valence-electron chi connectivity index (χ4n) is 9.37. The lowest BCUT2D eigenvalue weighted by atomic mass is 9.89. The molecule has 2 heterocycles. The second kappa shape index (κ2) is 26.4. The minimum atomic E-state index is -1.16. The van der Waals surface area contributed by atoms with Gasteiger partial charge in [0.1, 0.15) is 18.1 Å². The van der Waals surface area contributed by atoms with Crippen molar-refractivity contribution in [1.82, 2.24) is 30.2 Å². The van der Waals surface area contributed by atoms with Gasteiger partial charge in [0.2, 0.25) is 29.5 Å². The number of nitrogens with zero attached hydrogens (tertiary/aromatic N) is 4. The van der Waals surface area contributed by atoms with Gasteiger partial charge >= 0.3 is 5.97 Å². The van der Waals surface area contributed by atoms with Crippen molar-refractivity contribution in [3.05, 3.63) is 47.5 Å². The van der Waals surface area contributed by atoms with Gasteiger partial charge in [0.05, 0.1) is 36.6 Å². The van der Waals surface area contributed by atoms with Crippen LogP contribution < -0.4 is 10.6 Å². The molecule has 0 radical (unpaired) electrons. The molecule has 0 aromatic heterocycles. The van der Waals surface area contributed by atoms with Gasteiger partial charge in [-0.15, -0.1) is 0 Å². The number of carboxylic acid groups (broad SMARTS) is 1. The molecular formula is C50H78N6O11. The highest BCUT2D eigenvalue weighted by Crippen LogP contribution is 2.30. The lowest BCUT2D eigenvalue weighted by Crippen LogP contribution is -2.60. The molecule has 1 aromatic rings. The predicted molar refractivity (Wildman–Crippen MR) is 253 cm³/mol. The molecule has 0 spiro atoms. The highest BCUT2D eigenvalue weighted by Gasteiger charge is 2.44. The second-order valence-corrected chi connectivity index (χ2v) is 19.1. The molecule has 67 heavy (non-hydrogen) atoms. The van der Waals surface area contributed by atoms with Crippen LogP contribution in [0.3, 0.4) is 0 Å². The van der Waals surface area contributed by atoms with Crippen LogP contribution in [0, 0.1) is 30.6 Å². The van der Waals surface area contributed by atoms with Gasteiger partial charge in [0.25, 0.3) is 11.8 Å². The zero-order chi connectivity index (χ0) is 50.3. The quantitative estimate of drug-likeness (QED) is 0.0843. The third-order valence-electron chi connectivity index (χ3n) is 13.5. The molecule has 0 aliphatic carbocycles. The smallest absolute Gasteiger partial charge is 0.326 e. The standard InChI is InChI=1S/C50H78N6O11/c1-13-33(7)45(54(10)49(63)43(30(2)3)52-48(62)44(31(4)5)53(9)39(57)19-15-14-16-26-56-40(58)24-25-41(56)59)38(66-11)29-42(60)55-27-17-18-37(55)46(67-12)34(8)47(61)51-36(50(64)65)28-35-22-20-32(6)21-23-35/h20-25,30-31,33-34,36-38,43-46H,13-19,26-29H2,1-12H3,(H,51,61)(H,52,62)(H,64,65)/t33-,34+,36?,37-,38+,43-,44-,45-,46?/m0/s1. The van der Waals surface area contributed by atoms with E-state index in [0.717, 1.165) is 11.1 Å². The van der Waals surface area contributed by atoms with Crippen molar-refractivity contribution in [2.45, 2.75) is 156 Å². The summed E-state index contributed by atoms with van der Waals surface area (Å²) in [4.78, 5) is 112. The van der Waals surface area contributed by atoms with Crippen LogP contribution in [0.25, 0.3) is 0 Å². The summed E-state index contributed by atoms with van der Waals surface area (Å²) in [6, 6.07) is 3.37. The Kier molecular flexibility index (Phi) is 22.1. The number of imide groups is 1. The van der Waals surface area contributed by atoms with Crippen molar-refractivity contribution in [1.29, 1.82) is 0 Å². The lowest BCUT2D eigenvalue weighted by Gasteiger charge is -2.41. The average Bonchev–Trinajstić information content (AvgIpc) is 3.90. The van der Waals surface area contributed by atoms with Crippen molar-refractivity contribution in [2.75, 3.05) is 41.4 Å². The summed E-state index contributed by atoms with van der Waals surface area (Å²) >= 11 is 0. The van der Waals surface area contributed by atoms with E-state index >= 15 is 0 Å². The van der Waals surface area contributed by atoms with Gasteiger partial charge in [0, 0.05) is 66.4 Å². The van der Waals surface area contributed by atoms with Crippen molar-refractivity contribution in [2.24, 2.45) is 23.7 Å². The molecule has 17 nitrogen and oxygen atoms in total. The highest BCUT2D eigenvalue weighted by atomic mass is 16.5. The van der Waals surface area contributed by atoms with E-state index in [1.165, 1.54) is 36.2 Å². The number of unbranched alkanes of at least 4 members (excludes halogenated alkanes) is 2. The van der Waals surface area contributed by atoms with Crippen LogP contribution in [0.2, 0.25) is 0 Å². The molecule has 7 amide bonds. The van der Waals surface area contributed by atoms with Crippen LogP contribution in [-0.2, 0) is 54.3 Å². The molecule has 2 aliphatic heterocycles. The van der Waals surface area contributed by atoms with Gasteiger partial charge in [-0.05, 0) is 55.9 Å². The summed E-state index contributed by atoms with van der Waals surface area (Å²) in [5.41, 5.74) is 1.80. The largest absolute Gasteiger partial charge is 0.480 e. The molecule has 1 fully saturated rings. The fraction of sp³-hybridized carbons (Fsp3) is 0.680. The SMILES string of the molecule is CC[C@H](C)[C@@H]([C@@H](CC(=O)N1CCC[C@H]1C(OC)[C@@H](C)C(=O)NC(Cc1ccc(C)cc1)C(=O)O)OC)N(C)C(=O)[C@@H](NC(=O)[C@H](C(C)C)N(C)C(=O)CCCCCN1C(=O)C=CC1=O)C(C)C. The van der Waals surface area contributed by atoms with E-state index in [2.05, 4.69) is 10.6 Å². The van der Waals surface area contributed by atoms with Gasteiger partial charge < -0.3 is 39.9 Å². The minimum Gasteiger partial charge on any atom is -0.480 e. The van der Waals surface area contributed by atoms with Gasteiger partial charge in [-0.1, -0.05) is 91.1 Å². The Morgan fingerprint density at radius 3 is 2.00 bits per heavy atom. The number of likely N-dealkylation sites (N-methyl/N-ethyl adjacent to an activating group) is 2. The molecule has 2 aliphatic rings. The maximum absolute atomic E-state index is 14.6. The van der Waals surface area contributed by atoms with E-state index < -0.39 is 66.1 Å². The molecular weight excluding hydrogens is 861 g/mol. The Labute approximate surface area is 397 Å². The van der Waals surface area contributed by atoms with E-state index in [9.17, 15) is 43.5 Å². The number of hydrogen-bond donors (Lipinski definition) is 3. The zero-order valence-electron chi connectivity index (χ0n) is 41.9. The summed E-state index contributed by atoms with van der Waals surface area (Å²) < 4.78 is 11.9. The summed E-state index contributed by atoms with van der Waals surface area (Å²) in [5.74, 6) is -5.24. The number of hydrogen-bond acceptors (Lipinski definition) is 10. The van der Waals surface area contributed by atoms with Crippen molar-refractivity contribution < 1.29 is 52.9 Å². The number of likely N-dealkylation sites (tertiary alicyclic amines) is 1. The van der Waals surface area contributed by atoms with Gasteiger partial charge in [-0.2, -0.15) is 0 Å². The Balaban J connectivity index is 1.71. The summed E-state index contributed by atoms with van der Waals surface area (Å²) in [7, 11) is 6.21. The molecule has 374 valence electrons. The Bertz CT molecular complexity index is 1890. The van der Waals surface area contributed by atoms with Crippen LogP contribution >= 0.6 is 0 Å². The molecule has 2 unspecified atom stereocenters. The molecule has 3 N–H and O–H groups in total. The van der Waals surface area contributed by atoms with Gasteiger partial charge in [-0.25, -0.2) is 4.79 Å². The Morgan fingerprint density at radius 2 is 1.46 bits per heavy atom. The van der Waals surface area contributed by atoms with Crippen LogP contribution in [0.1, 0.15) is 111 Å². The highest BCUT2D eigenvalue weighted by molar-refractivity contribution is 6.12. The maximum atomic E-state index is 14.6. The number of amides is 7. The second-order valence-electron chi connectivity index (χ2n) is 19.1. The number of carbonyl (C=O) groups excluding carboxylic acids is 7. The third kappa shape index (κ3) is 15.2. The van der Waals surface area contributed by atoms with Crippen molar-refractivity contribution in [3.63, 3.8) is 0 Å². The number of carboxylic acids is 1. The van der Waals surface area contributed by atoms with E-state index in [0.29, 0.717) is 45.1 Å². The van der Waals surface area contributed by atoms with Crippen molar-refractivity contribution in [3.8, 4) is 0 Å². The molecule has 1 aromatic carbocycles. The molecule has 9 atom stereocenters. The first-order valence-electron chi connectivity index (χ1n) is 23.9. The van der Waals surface area contributed by atoms with Crippen LogP contribution in [0.5, 0.6) is 0 Å². The van der Waals surface area contributed by atoms with Crippen LogP contribution in [0.4, 0.5) is 0 Å². The molecule has 0 bridgehead atoms. The number of rotatable bonds is 27. The molecule has 1 saturated heterocycles. The van der Waals surface area contributed by atoms with E-state index in [-0.39, 0.29) is 73.1 Å². The fourth-order valence-corrected chi connectivity index (χ4v) is 9.37. The minimum absolute atomic E-state index is 0.0823. The number of benzene rings is 1. The first kappa shape index (κ1) is 56.2. The van der Waals surface area contributed by atoms with Gasteiger partial charge in [-0.3, -0.25) is 38.5 Å². The maximum Gasteiger partial charge on any atom is 0.326 e. The number of methoxy groups -OCH3 is 2. The van der Waals surface area contributed by atoms with E-state index in [1.807, 2.05) is 72.7 Å². The van der Waals surface area contributed by atoms with Crippen LogP contribution in [-0.4, -0.2) is 156 Å². The zero-order valence-corrected chi connectivity index (χ0v) is 41.9. The van der Waals surface area contributed by atoms with Crippen LogP contribution in [0.15, 0.2) is 36.4 Å². The van der Waals surface area contributed by atoms with E-state index in [1.54, 1.807) is 30.8 Å². The van der Waals surface area contributed by atoms with E-state index in [4.69, 9.17) is 9.47 Å². The first-order chi connectivity index (χ1) is 31.6. The molecule has 0 saturated carbocycles. The third-order valence-corrected chi connectivity index (χ3v) is 13.5. The number of ether oxygens (including phenoxy) is 2. The molecule has 17 heteroatoms. The summed E-state index contributed by atoms with van der Waals surface area (Å²) in [6.45, 7) is 15.6. The molecule has 3 rings (SSSR count). The Hall–Kier alpha value is -5.16.